The first-order chi connectivity index (χ1) is 17.5. The Morgan fingerprint density at radius 2 is 1.78 bits per heavy atom. The zero-order valence-electron chi connectivity index (χ0n) is 20.9. The van der Waals surface area contributed by atoms with Crippen molar-refractivity contribution in [3.63, 3.8) is 0 Å². The summed E-state index contributed by atoms with van der Waals surface area (Å²) < 4.78 is 45.9. The lowest BCUT2D eigenvalue weighted by Crippen LogP contribution is -2.51. The van der Waals surface area contributed by atoms with Crippen molar-refractivity contribution in [3.05, 3.63) is 76.5 Å². The van der Waals surface area contributed by atoms with Gasteiger partial charge in [0.05, 0.1) is 29.4 Å². The molecule has 0 bridgehead atoms. The number of rotatable bonds is 6. The number of anilines is 1. The zero-order chi connectivity index (χ0) is 27.5. The highest BCUT2D eigenvalue weighted by atomic mass is 19.4. The summed E-state index contributed by atoms with van der Waals surface area (Å²) in [5.41, 5.74) is 0.307. The van der Waals surface area contributed by atoms with Crippen LogP contribution in [0.5, 0.6) is 0 Å². The molecule has 0 aromatic heterocycles. The van der Waals surface area contributed by atoms with Crippen molar-refractivity contribution in [2.24, 2.45) is 5.92 Å². The standard InChI is InChI=1S/C27H27F3N4O3/c1-5-20-22(26(36)37-6-2)21(17-12-10-16(15-31)11-13-17)23(25(35)33(3)4)24(32)34(20)19-9-7-8-18(14-19)27(28,29)30/h7-14,21,23,32H,5-6H2,1-4H3. The van der Waals surface area contributed by atoms with Crippen molar-refractivity contribution >= 4 is 23.4 Å². The number of amides is 1. The van der Waals surface area contributed by atoms with Gasteiger partial charge in [0, 0.05) is 31.4 Å². The number of alkyl halides is 3. The average Bonchev–Trinajstić information content (AvgIpc) is 2.87. The normalized spacial score (nSPS) is 17.9. The van der Waals surface area contributed by atoms with Gasteiger partial charge in [-0.05, 0) is 49.2 Å². The first kappa shape index (κ1) is 27.5. The fourth-order valence-electron chi connectivity index (χ4n) is 4.49. The lowest BCUT2D eigenvalue weighted by Gasteiger charge is -2.42. The molecule has 2 aromatic rings. The Morgan fingerprint density at radius 1 is 1.14 bits per heavy atom. The van der Waals surface area contributed by atoms with E-state index in [1.54, 1.807) is 38.1 Å². The lowest BCUT2D eigenvalue weighted by molar-refractivity contribution is -0.139. The van der Waals surface area contributed by atoms with Crippen molar-refractivity contribution in [1.29, 1.82) is 10.7 Å². The SMILES string of the molecule is CCOC(=O)C1=C(CC)N(c2cccc(C(F)(F)F)c2)C(=N)C(C(=O)N(C)C)C1c1ccc(C#N)cc1. The molecule has 0 spiro atoms. The summed E-state index contributed by atoms with van der Waals surface area (Å²) in [6, 6.07) is 12.8. The second-order valence-electron chi connectivity index (χ2n) is 8.62. The van der Waals surface area contributed by atoms with Crippen LogP contribution < -0.4 is 4.90 Å². The van der Waals surface area contributed by atoms with Crippen LogP contribution in [0.2, 0.25) is 0 Å². The van der Waals surface area contributed by atoms with Crippen molar-refractivity contribution in [2.75, 3.05) is 25.6 Å². The molecule has 0 radical (unpaired) electrons. The van der Waals surface area contributed by atoms with Gasteiger partial charge in [0.1, 0.15) is 11.8 Å². The molecule has 194 valence electrons. The van der Waals surface area contributed by atoms with Crippen LogP contribution in [-0.4, -0.2) is 43.3 Å². The molecule has 2 aromatic carbocycles. The highest BCUT2D eigenvalue weighted by Crippen LogP contribution is 2.45. The number of halogens is 3. The molecule has 0 saturated carbocycles. The van der Waals surface area contributed by atoms with Gasteiger partial charge >= 0.3 is 12.1 Å². The van der Waals surface area contributed by atoms with Crippen LogP contribution in [0.1, 0.15) is 42.9 Å². The molecule has 1 amide bonds. The van der Waals surface area contributed by atoms with E-state index in [4.69, 9.17) is 10.1 Å². The maximum Gasteiger partial charge on any atom is 0.416 e. The van der Waals surface area contributed by atoms with Gasteiger partial charge in [0.2, 0.25) is 5.91 Å². The number of hydrogen-bond donors (Lipinski definition) is 1. The molecule has 3 rings (SSSR count). The molecule has 0 aliphatic carbocycles. The average molecular weight is 513 g/mol. The van der Waals surface area contributed by atoms with Crippen LogP contribution in [-0.2, 0) is 20.5 Å². The third-order valence-corrected chi connectivity index (χ3v) is 6.13. The first-order valence-corrected chi connectivity index (χ1v) is 11.6. The molecule has 7 nitrogen and oxygen atoms in total. The molecular weight excluding hydrogens is 485 g/mol. The highest BCUT2D eigenvalue weighted by molar-refractivity contribution is 6.15. The summed E-state index contributed by atoms with van der Waals surface area (Å²) in [6.07, 6.45) is -4.46. The fourth-order valence-corrected chi connectivity index (χ4v) is 4.49. The first-order valence-electron chi connectivity index (χ1n) is 11.6. The molecule has 2 atom stereocenters. The third-order valence-electron chi connectivity index (χ3n) is 6.13. The van der Waals surface area contributed by atoms with E-state index in [1.165, 1.54) is 36.0 Å². The largest absolute Gasteiger partial charge is 0.463 e. The Morgan fingerprint density at radius 3 is 2.30 bits per heavy atom. The quantitative estimate of drug-likeness (QED) is 0.544. The number of ether oxygens (including phenoxy) is 1. The van der Waals surface area contributed by atoms with Crippen LogP contribution in [0.15, 0.2) is 59.8 Å². The number of amidine groups is 1. The second kappa shape index (κ2) is 10.9. The molecule has 2 unspecified atom stereocenters. The Balaban J connectivity index is 2.38. The Bertz CT molecular complexity index is 1280. The number of benzene rings is 2. The number of nitriles is 1. The van der Waals surface area contributed by atoms with Gasteiger partial charge in [0.15, 0.2) is 0 Å². The number of esters is 1. The number of carbonyl (C=O) groups is 2. The molecule has 1 aliphatic rings. The molecular formula is C27H27F3N4O3. The molecule has 1 aliphatic heterocycles. The van der Waals surface area contributed by atoms with E-state index in [0.29, 0.717) is 11.1 Å². The van der Waals surface area contributed by atoms with Gasteiger partial charge in [-0.15, -0.1) is 0 Å². The summed E-state index contributed by atoms with van der Waals surface area (Å²) in [4.78, 5) is 29.4. The summed E-state index contributed by atoms with van der Waals surface area (Å²) in [6.45, 7) is 3.37. The van der Waals surface area contributed by atoms with E-state index in [0.717, 1.165) is 12.1 Å². The molecule has 1 N–H and O–H groups in total. The highest BCUT2D eigenvalue weighted by Gasteiger charge is 2.48. The fraction of sp³-hybridized carbons (Fsp3) is 0.333. The van der Waals surface area contributed by atoms with Crippen molar-refractivity contribution in [1.82, 2.24) is 4.90 Å². The molecule has 1 heterocycles. The van der Waals surface area contributed by atoms with Gasteiger partial charge in [-0.1, -0.05) is 25.1 Å². The van der Waals surface area contributed by atoms with Gasteiger partial charge in [-0.25, -0.2) is 4.79 Å². The third kappa shape index (κ3) is 5.35. The maximum atomic E-state index is 13.5. The minimum atomic E-state index is -4.63. The molecule has 0 saturated heterocycles. The van der Waals surface area contributed by atoms with Crippen LogP contribution >= 0.6 is 0 Å². The number of carbonyl (C=O) groups excluding carboxylic acids is 2. The topological polar surface area (TPSA) is 97.5 Å². The van der Waals surface area contributed by atoms with E-state index < -0.39 is 35.5 Å². The molecule has 0 fully saturated rings. The minimum absolute atomic E-state index is 0.00769. The van der Waals surface area contributed by atoms with E-state index in [-0.39, 0.29) is 35.8 Å². The van der Waals surface area contributed by atoms with Gasteiger partial charge in [-0.3, -0.25) is 10.2 Å². The van der Waals surface area contributed by atoms with E-state index in [1.807, 2.05) is 6.07 Å². The van der Waals surface area contributed by atoms with Crippen molar-refractivity contribution < 1.29 is 27.5 Å². The lowest BCUT2D eigenvalue weighted by atomic mass is 9.74. The zero-order valence-corrected chi connectivity index (χ0v) is 20.9. The molecule has 10 heteroatoms. The maximum absolute atomic E-state index is 13.5. The van der Waals surface area contributed by atoms with Crippen LogP contribution in [0.4, 0.5) is 18.9 Å². The summed E-state index contributed by atoms with van der Waals surface area (Å²) >= 11 is 0. The number of allylic oxidation sites excluding steroid dienone is 1. The van der Waals surface area contributed by atoms with Gasteiger partial charge in [0.25, 0.3) is 0 Å². The predicted octanol–water partition coefficient (Wildman–Crippen LogP) is 5.09. The van der Waals surface area contributed by atoms with Crippen LogP contribution in [0, 0.1) is 22.7 Å². The Kier molecular flexibility index (Phi) is 8.06. The monoisotopic (exact) mass is 512 g/mol. The van der Waals surface area contributed by atoms with E-state index >= 15 is 0 Å². The van der Waals surface area contributed by atoms with Gasteiger partial charge < -0.3 is 14.5 Å². The van der Waals surface area contributed by atoms with Gasteiger partial charge in [-0.2, -0.15) is 18.4 Å². The number of hydrogen-bond acceptors (Lipinski definition) is 5. The van der Waals surface area contributed by atoms with Crippen molar-refractivity contribution in [2.45, 2.75) is 32.4 Å². The second-order valence-corrected chi connectivity index (χ2v) is 8.62. The minimum Gasteiger partial charge on any atom is -0.463 e. The summed E-state index contributed by atoms with van der Waals surface area (Å²) in [7, 11) is 3.01. The Hall–Kier alpha value is -4.13. The van der Waals surface area contributed by atoms with Crippen molar-refractivity contribution in [3.8, 4) is 6.07 Å². The van der Waals surface area contributed by atoms with E-state index in [2.05, 4.69) is 0 Å². The number of nitrogens with zero attached hydrogens (tertiary/aromatic N) is 3. The smallest absolute Gasteiger partial charge is 0.416 e. The summed E-state index contributed by atoms with van der Waals surface area (Å²) in [5.74, 6) is -3.70. The van der Waals surface area contributed by atoms with E-state index in [9.17, 15) is 28.0 Å². The molecule has 37 heavy (non-hydrogen) atoms. The predicted molar refractivity (Wildman–Crippen MR) is 132 cm³/mol. The summed E-state index contributed by atoms with van der Waals surface area (Å²) in [5, 5.41) is 18.3. The van der Waals surface area contributed by atoms with Crippen LogP contribution in [0.3, 0.4) is 0 Å². The Labute approximate surface area is 213 Å². The number of nitrogens with one attached hydrogen (secondary N) is 1. The van der Waals surface area contributed by atoms with Crippen LogP contribution in [0.25, 0.3) is 0 Å².